The topological polar surface area (TPSA) is 12.0 Å². The molecule has 6 heteroatoms. The minimum absolute atomic E-state index is 0.0294. The Morgan fingerprint density at radius 1 is 1.12 bits per heavy atom. The highest BCUT2D eigenvalue weighted by Crippen LogP contribution is 2.34. The van der Waals surface area contributed by atoms with Crippen molar-refractivity contribution in [2.75, 3.05) is 7.05 Å². The molecule has 1 aromatic carbocycles. The predicted octanol–water partition coefficient (Wildman–Crippen LogP) is 3.10. The number of hydrogen-bond donors (Lipinski definition) is 1. The van der Waals surface area contributed by atoms with E-state index in [0.717, 1.165) is 13.1 Å². The van der Waals surface area contributed by atoms with E-state index >= 15 is 0 Å². The predicted molar refractivity (Wildman–Crippen MR) is 49.0 cm³/mol. The number of nitrogens with one attached hydrogen (secondary N) is 1. The molecule has 0 saturated carbocycles. The molecule has 0 amide bonds. The van der Waals surface area contributed by atoms with E-state index in [1.54, 1.807) is 0 Å². The van der Waals surface area contributed by atoms with Gasteiger partial charge in [0, 0.05) is 5.56 Å². The van der Waals surface area contributed by atoms with Crippen LogP contribution in [0.2, 0.25) is 0 Å². The molecule has 1 unspecified atom stereocenters. The SMILES string of the molecule is CNC(c1cc(F)c(C)cc1F)C(F)(F)F. The molecule has 1 atom stereocenters. The zero-order valence-electron chi connectivity index (χ0n) is 8.62. The summed E-state index contributed by atoms with van der Waals surface area (Å²) in [5.74, 6) is -1.93. The summed E-state index contributed by atoms with van der Waals surface area (Å²) in [7, 11) is 1.04. The van der Waals surface area contributed by atoms with Crippen molar-refractivity contribution < 1.29 is 22.0 Å². The molecular formula is C10H10F5N. The van der Waals surface area contributed by atoms with Gasteiger partial charge >= 0.3 is 6.18 Å². The standard InChI is InChI=1S/C10H10F5N/c1-5-3-8(12)6(4-7(5)11)9(16-2)10(13,14)15/h3-4,9,16H,1-2H3. The third kappa shape index (κ3) is 2.49. The number of benzene rings is 1. The summed E-state index contributed by atoms with van der Waals surface area (Å²) in [6, 6.07) is -0.886. The zero-order valence-corrected chi connectivity index (χ0v) is 8.62. The van der Waals surface area contributed by atoms with Crippen molar-refractivity contribution in [1.82, 2.24) is 5.32 Å². The highest BCUT2D eigenvalue weighted by molar-refractivity contribution is 5.28. The molecule has 1 nitrogen and oxygen atoms in total. The van der Waals surface area contributed by atoms with Crippen LogP contribution in [0.4, 0.5) is 22.0 Å². The Morgan fingerprint density at radius 3 is 2.12 bits per heavy atom. The van der Waals surface area contributed by atoms with Gasteiger partial charge in [-0.1, -0.05) is 0 Å². The smallest absolute Gasteiger partial charge is 0.305 e. The van der Waals surface area contributed by atoms with Gasteiger partial charge in [0.15, 0.2) is 0 Å². The average Bonchev–Trinajstić information content (AvgIpc) is 2.12. The maximum absolute atomic E-state index is 13.3. The molecular weight excluding hydrogens is 229 g/mol. The number of aryl methyl sites for hydroxylation is 1. The van der Waals surface area contributed by atoms with Gasteiger partial charge in [-0.25, -0.2) is 8.78 Å². The summed E-state index contributed by atoms with van der Waals surface area (Å²) < 4.78 is 63.8. The fourth-order valence-electron chi connectivity index (χ4n) is 1.38. The normalized spacial score (nSPS) is 13.9. The van der Waals surface area contributed by atoms with Crippen LogP contribution in [-0.4, -0.2) is 13.2 Å². The Bertz CT molecular complexity index is 386. The zero-order chi connectivity index (χ0) is 12.5. The molecule has 0 radical (unpaired) electrons. The van der Waals surface area contributed by atoms with Crippen LogP contribution in [0, 0.1) is 18.6 Å². The molecule has 90 valence electrons. The molecule has 16 heavy (non-hydrogen) atoms. The Kier molecular flexibility index (Phi) is 3.52. The molecule has 0 aliphatic heterocycles. The van der Waals surface area contributed by atoms with Gasteiger partial charge in [-0.3, -0.25) is 0 Å². The van der Waals surface area contributed by atoms with E-state index < -0.39 is 29.4 Å². The molecule has 0 bridgehead atoms. The summed E-state index contributed by atoms with van der Waals surface area (Å²) in [5, 5.41) is 1.91. The molecule has 0 aliphatic carbocycles. The Labute approximate surface area is 89.3 Å². The van der Waals surface area contributed by atoms with Crippen molar-refractivity contribution in [2.45, 2.75) is 19.1 Å². The second-order valence-electron chi connectivity index (χ2n) is 3.39. The lowest BCUT2D eigenvalue weighted by atomic mass is 10.0. The quantitative estimate of drug-likeness (QED) is 0.782. The largest absolute Gasteiger partial charge is 0.408 e. The Hall–Kier alpha value is -1.17. The van der Waals surface area contributed by atoms with Crippen LogP contribution in [-0.2, 0) is 0 Å². The first-order valence-corrected chi connectivity index (χ1v) is 4.47. The van der Waals surface area contributed by atoms with Crippen LogP contribution in [0.5, 0.6) is 0 Å². The van der Waals surface area contributed by atoms with Gasteiger partial charge in [0.2, 0.25) is 0 Å². The van der Waals surface area contributed by atoms with Crippen molar-refractivity contribution in [3.05, 3.63) is 34.9 Å². The van der Waals surface area contributed by atoms with E-state index in [1.807, 2.05) is 5.32 Å². The monoisotopic (exact) mass is 239 g/mol. The lowest BCUT2D eigenvalue weighted by Gasteiger charge is -2.20. The molecule has 1 aromatic rings. The van der Waals surface area contributed by atoms with Crippen LogP contribution < -0.4 is 5.32 Å². The Balaban J connectivity index is 3.26. The highest BCUT2D eigenvalue weighted by atomic mass is 19.4. The van der Waals surface area contributed by atoms with Gasteiger partial charge in [-0.05, 0) is 31.7 Å². The maximum atomic E-state index is 13.3. The van der Waals surface area contributed by atoms with E-state index in [-0.39, 0.29) is 5.56 Å². The van der Waals surface area contributed by atoms with Gasteiger partial charge in [-0.15, -0.1) is 0 Å². The minimum atomic E-state index is -4.67. The fourth-order valence-corrected chi connectivity index (χ4v) is 1.38. The molecule has 1 rings (SSSR count). The summed E-state index contributed by atoms with van der Waals surface area (Å²) in [4.78, 5) is 0. The van der Waals surface area contributed by atoms with E-state index in [4.69, 9.17) is 0 Å². The van der Waals surface area contributed by atoms with Gasteiger partial charge in [0.25, 0.3) is 0 Å². The summed E-state index contributed by atoms with van der Waals surface area (Å²) in [6.07, 6.45) is -4.67. The molecule has 1 N–H and O–H groups in total. The highest BCUT2D eigenvalue weighted by Gasteiger charge is 2.41. The fraction of sp³-hybridized carbons (Fsp3) is 0.400. The van der Waals surface area contributed by atoms with Crippen LogP contribution in [0.25, 0.3) is 0 Å². The third-order valence-electron chi connectivity index (χ3n) is 2.20. The summed E-state index contributed by atoms with van der Waals surface area (Å²) in [6.45, 7) is 1.28. The third-order valence-corrected chi connectivity index (χ3v) is 2.20. The molecule has 0 fully saturated rings. The van der Waals surface area contributed by atoms with Gasteiger partial charge in [-0.2, -0.15) is 13.2 Å². The molecule has 0 aromatic heterocycles. The van der Waals surface area contributed by atoms with Crippen molar-refractivity contribution in [3.63, 3.8) is 0 Å². The van der Waals surface area contributed by atoms with Crippen LogP contribution in [0.1, 0.15) is 17.2 Å². The van der Waals surface area contributed by atoms with Gasteiger partial charge in [0.05, 0.1) is 0 Å². The van der Waals surface area contributed by atoms with E-state index in [0.29, 0.717) is 6.07 Å². The Morgan fingerprint density at radius 2 is 1.69 bits per heavy atom. The average molecular weight is 239 g/mol. The van der Waals surface area contributed by atoms with Crippen LogP contribution in [0.3, 0.4) is 0 Å². The first-order valence-electron chi connectivity index (χ1n) is 4.47. The van der Waals surface area contributed by atoms with E-state index in [2.05, 4.69) is 0 Å². The minimum Gasteiger partial charge on any atom is -0.305 e. The molecule has 0 aliphatic rings. The lowest BCUT2D eigenvalue weighted by Crippen LogP contribution is -2.32. The van der Waals surface area contributed by atoms with E-state index in [1.165, 1.54) is 6.92 Å². The summed E-state index contributed by atoms with van der Waals surface area (Å²) in [5.41, 5.74) is -0.767. The molecule has 0 saturated heterocycles. The van der Waals surface area contributed by atoms with Crippen molar-refractivity contribution in [1.29, 1.82) is 0 Å². The van der Waals surface area contributed by atoms with Crippen molar-refractivity contribution in [3.8, 4) is 0 Å². The first-order chi connectivity index (χ1) is 7.27. The van der Waals surface area contributed by atoms with E-state index in [9.17, 15) is 22.0 Å². The van der Waals surface area contributed by atoms with Crippen LogP contribution in [0.15, 0.2) is 12.1 Å². The van der Waals surface area contributed by atoms with Crippen molar-refractivity contribution >= 4 is 0 Å². The number of halogens is 5. The molecule has 0 spiro atoms. The maximum Gasteiger partial charge on any atom is 0.408 e. The molecule has 0 heterocycles. The second-order valence-corrected chi connectivity index (χ2v) is 3.39. The summed E-state index contributed by atoms with van der Waals surface area (Å²) >= 11 is 0. The number of rotatable bonds is 2. The first kappa shape index (κ1) is 12.9. The lowest BCUT2D eigenvalue weighted by molar-refractivity contribution is -0.157. The van der Waals surface area contributed by atoms with Crippen LogP contribution >= 0.6 is 0 Å². The second kappa shape index (κ2) is 4.37. The number of hydrogen-bond acceptors (Lipinski definition) is 1. The number of alkyl halides is 3. The van der Waals surface area contributed by atoms with Gasteiger partial charge < -0.3 is 5.32 Å². The van der Waals surface area contributed by atoms with Crippen molar-refractivity contribution in [2.24, 2.45) is 0 Å². The van der Waals surface area contributed by atoms with Gasteiger partial charge in [0.1, 0.15) is 17.7 Å².